The van der Waals surface area contributed by atoms with Crippen LogP contribution < -0.4 is 14.8 Å². The van der Waals surface area contributed by atoms with Gasteiger partial charge in [-0.3, -0.25) is 19.7 Å². The van der Waals surface area contributed by atoms with Gasteiger partial charge in [-0.1, -0.05) is 25.2 Å². The molecule has 0 saturated heterocycles. The number of carbonyl (C=O) groups is 3. The van der Waals surface area contributed by atoms with Gasteiger partial charge in [-0.05, 0) is 31.0 Å². The SMILES string of the molecule is CCC(CC)S(=O)(=O)c1cnc(NC(=O)c2ccc(OC(C)=O)c(OC(C)=O)c2)s1. The largest absolute Gasteiger partial charge is 0.423 e. The molecule has 30 heavy (non-hydrogen) atoms. The van der Waals surface area contributed by atoms with E-state index in [9.17, 15) is 22.8 Å². The summed E-state index contributed by atoms with van der Waals surface area (Å²) in [4.78, 5) is 39.0. The van der Waals surface area contributed by atoms with Crippen LogP contribution in [0.2, 0.25) is 0 Å². The van der Waals surface area contributed by atoms with Crippen LogP contribution in [0.4, 0.5) is 5.13 Å². The number of anilines is 1. The van der Waals surface area contributed by atoms with Gasteiger partial charge in [0.25, 0.3) is 5.91 Å². The van der Waals surface area contributed by atoms with E-state index in [4.69, 9.17) is 9.47 Å². The summed E-state index contributed by atoms with van der Waals surface area (Å²) in [7, 11) is -3.52. The average molecular weight is 455 g/mol. The number of sulfone groups is 1. The lowest BCUT2D eigenvalue weighted by molar-refractivity contribution is -0.134. The smallest absolute Gasteiger partial charge is 0.308 e. The van der Waals surface area contributed by atoms with E-state index in [1.54, 1.807) is 13.8 Å². The highest BCUT2D eigenvalue weighted by Gasteiger charge is 2.27. The lowest BCUT2D eigenvalue weighted by atomic mass is 10.2. The zero-order valence-electron chi connectivity index (χ0n) is 16.9. The Balaban J connectivity index is 2.25. The molecule has 0 spiro atoms. The fraction of sp³-hybridized carbons (Fsp3) is 0.368. The average Bonchev–Trinajstić information content (AvgIpc) is 3.12. The van der Waals surface area contributed by atoms with E-state index in [1.807, 2.05) is 0 Å². The quantitative estimate of drug-likeness (QED) is 0.475. The van der Waals surface area contributed by atoms with Crippen molar-refractivity contribution in [2.45, 2.75) is 50.0 Å². The zero-order valence-corrected chi connectivity index (χ0v) is 18.6. The molecular weight excluding hydrogens is 432 g/mol. The minimum Gasteiger partial charge on any atom is -0.423 e. The third kappa shape index (κ3) is 5.63. The molecule has 0 unspecified atom stereocenters. The van der Waals surface area contributed by atoms with Gasteiger partial charge in [0.2, 0.25) is 0 Å². The van der Waals surface area contributed by atoms with Crippen molar-refractivity contribution in [1.82, 2.24) is 4.98 Å². The molecule has 0 aliphatic rings. The van der Waals surface area contributed by atoms with Gasteiger partial charge in [0.1, 0.15) is 4.21 Å². The fourth-order valence-electron chi connectivity index (χ4n) is 2.63. The molecule has 9 nitrogen and oxygen atoms in total. The molecule has 162 valence electrons. The van der Waals surface area contributed by atoms with Crippen molar-refractivity contribution in [1.29, 1.82) is 0 Å². The second-order valence-corrected chi connectivity index (χ2v) is 9.76. The van der Waals surface area contributed by atoms with E-state index in [1.165, 1.54) is 38.2 Å². The van der Waals surface area contributed by atoms with Crippen molar-refractivity contribution < 1.29 is 32.3 Å². The van der Waals surface area contributed by atoms with E-state index in [0.717, 1.165) is 11.3 Å². The molecule has 1 aromatic heterocycles. The number of esters is 2. The molecule has 0 saturated carbocycles. The van der Waals surface area contributed by atoms with Gasteiger partial charge in [-0.2, -0.15) is 0 Å². The Bertz CT molecular complexity index is 1060. The van der Waals surface area contributed by atoms with Crippen LogP contribution in [0.25, 0.3) is 0 Å². The molecule has 11 heteroatoms. The molecule has 0 atom stereocenters. The summed E-state index contributed by atoms with van der Waals surface area (Å²) in [6, 6.07) is 3.93. The van der Waals surface area contributed by atoms with Crippen LogP contribution in [-0.4, -0.2) is 36.5 Å². The lowest BCUT2D eigenvalue weighted by Crippen LogP contribution is -2.18. The first kappa shape index (κ1) is 23.5. The third-order valence-electron chi connectivity index (χ3n) is 4.05. The zero-order chi connectivity index (χ0) is 22.5. The summed E-state index contributed by atoms with van der Waals surface area (Å²) in [6.07, 6.45) is 2.18. The van der Waals surface area contributed by atoms with Crippen molar-refractivity contribution in [3.63, 3.8) is 0 Å². The van der Waals surface area contributed by atoms with Crippen LogP contribution >= 0.6 is 11.3 Å². The minimum absolute atomic E-state index is 0.0120. The van der Waals surface area contributed by atoms with Crippen molar-refractivity contribution in [2.75, 3.05) is 5.32 Å². The molecule has 1 N–H and O–H groups in total. The van der Waals surface area contributed by atoms with Crippen LogP contribution in [0.5, 0.6) is 11.5 Å². The normalized spacial score (nSPS) is 11.2. The number of hydrogen-bond acceptors (Lipinski definition) is 9. The predicted octanol–water partition coefficient (Wildman–Crippen LogP) is 3.21. The monoisotopic (exact) mass is 454 g/mol. The number of rotatable bonds is 8. The van der Waals surface area contributed by atoms with E-state index in [0.29, 0.717) is 12.8 Å². The topological polar surface area (TPSA) is 129 Å². The number of thiazole rings is 1. The molecule has 1 heterocycles. The van der Waals surface area contributed by atoms with Crippen LogP contribution in [0.3, 0.4) is 0 Å². The summed E-state index contributed by atoms with van der Waals surface area (Å²) in [6.45, 7) is 5.96. The Morgan fingerprint density at radius 2 is 1.67 bits per heavy atom. The number of nitrogens with zero attached hydrogens (tertiary/aromatic N) is 1. The maximum atomic E-state index is 12.6. The number of amides is 1. The maximum absolute atomic E-state index is 12.6. The van der Waals surface area contributed by atoms with Gasteiger partial charge in [-0.25, -0.2) is 13.4 Å². The Morgan fingerprint density at radius 1 is 1.07 bits per heavy atom. The fourth-order valence-corrected chi connectivity index (χ4v) is 5.69. The van der Waals surface area contributed by atoms with Crippen molar-refractivity contribution in [3.8, 4) is 11.5 Å². The molecule has 0 fully saturated rings. The number of nitrogens with one attached hydrogen (secondary N) is 1. The highest BCUT2D eigenvalue weighted by Crippen LogP contribution is 2.31. The van der Waals surface area contributed by atoms with E-state index < -0.39 is 32.9 Å². The Labute approximate surface area is 178 Å². The van der Waals surface area contributed by atoms with Crippen molar-refractivity contribution in [3.05, 3.63) is 30.0 Å². The van der Waals surface area contributed by atoms with E-state index in [-0.39, 0.29) is 26.4 Å². The van der Waals surface area contributed by atoms with Crippen LogP contribution in [0, 0.1) is 0 Å². The van der Waals surface area contributed by atoms with Gasteiger partial charge in [0.15, 0.2) is 26.5 Å². The van der Waals surface area contributed by atoms with Crippen LogP contribution in [0.1, 0.15) is 50.9 Å². The molecule has 0 aliphatic heterocycles. The number of hydrogen-bond donors (Lipinski definition) is 1. The highest BCUT2D eigenvalue weighted by molar-refractivity contribution is 7.94. The van der Waals surface area contributed by atoms with Crippen LogP contribution in [0.15, 0.2) is 28.6 Å². The standard InChI is InChI=1S/C19H22N2O7S2/c1-5-14(6-2)30(25,26)17-10-20-19(29-17)21-18(24)13-7-8-15(27-11(3)22)16(9-13)28-12(4)23/h7-10,14H,5-6H2,1-4H3,(H,20,21,24). The molecule has 0 bridgehead atoms. The van der Waals surface area contributed by atoms with Gasteiger partial charge in [0.05, 0.1) is 11.4 Å². The van der Waals surface area contributed by atoms with E-state index >= 15 is 0 Å². The molecule has 2 rings (SSSR count). The lowest BCUT2D eigenvalue weighted by Gasteiger charge is -2.11. The number of aromatic nitrogens is 1. The van der Waals surface area contributed by atoms with E-state index in [2.05, 4.69) is 10.3 Å². The maximum Gasteiger partial charge on any atom is 0.308 e. The first-order valence-electron chi connectivity index (χ1n) is 9.10. The minimum atomic E-state index is -3.52. The molecule has 0 radical (unpaired) electrons. The van der Waals surface area contributed by atoms with Gasteiger partial charge < -0.3 is 9.47 Å². The van der Waals surface area contributed by atoms with Crippen LogP contribution in [-0.2, 0) is 19.4 Å². The first-order chi connectivity index (χ1) is 14.1. The van der Waals surface area contributed by atoms with Gasteiger partial charge >= 0.3 is 11.9 Å². The molecule has 1 amide bonds. The Hall–Kier alpha value is -2.79. The first-order valence-corrected chi connectivity index (χ1v) is 11.5. The third-order valence-corrected chi connectivity index (χ3v) is 7.91. The van der Waals surface area contributed by atoms with Crippen molar-refractivity contribution >= 4 is 44.2 Å². The number of carbonyl (C=O) groups excluding carboxylic acids is 3. The summed E-state index contributed by atoms with van der Waals surface area (Å²) in [5, 5.41) is 2.12. The summed E-state index contributed by atoms with van der Waals surface area (Å²) in [5.41, 5.74) is 0.0988. The molecule has 1 aromatic carbocycles. The highest BCUT2D eigenvalue weighted by atomic mass is 32.2. The summed E-state index contributed by atoms with van der Waals surface area (Å²) < 4.78 is 35.2. The molecular formula is C19H22N2O7S2. The van der Waals surface area contributed by atoms with Gasteiger partial charge in [-0.15, -0.1) is 0 Å². The molecule has 0 aliphatic carbocycles. The number of ether oxygens (including phenoxy) is 2. The van der Waals surface area contributed by atoms with Crippen molar-refractivity contribution in [2.24, 2.45) is 0 Å². The van der Waals surface area contributed by atoms with Gasteiger partial charge in [0, 0.05) is 19.4 Å². The second-order valence-electron chi connectivity index (χ2n) is 6.27. The predicted molar refractivity (Wildman–Crippen MR) is 111 cm³/mol. The Kier molecular flexibility index (Phi) is 7.68. The Morgan fingerprint density at radius 3 is 2.23 bits per heavy atom. The summed E-state index contributed by atoms with van der Waals surface area (Å²) >= 11 is 0.863. The number of benzene rings is 1. The molecule has 2 aromatic rings. The second kappa shape index (κ2) is 9.81. The summed E-state index contributed by atoms with van der Waals surface area (Å²) in [5.74, 6) is -1.98.